The first-order valence-corrected chi connectivity index (χ1v) is 7.07. The molecular weight excluding hydrogens is 328 g/mol. The summed E-state index contributed by atoms with van der Waals surface area (Å²) in [5.74, 6) is 0.0959. The predicted octanol–water partition coefficient (Wildman–Crippen LogP) is 2.63. The second-order valence-electron chi connectivity index (χ2n) is 5.30. The first-order chi connectivity index (χ1) is 8.50. The Labute approximate surface area is 129 Å². The lowest BCUT2D eigenvalue weighted by atomic mass is 9.83. The first-order valence-electron chi connectivity index (χ1n) is 6.28. The van der Waals surface area contributed by atoms with Crippen LogP contribution in [-0.2, 0) is 10.2 Å². The number of carbonyl (C=O) groups is 1. The van der Waals surface area contributed by atoms with Crippen molar-refractivity contribution in [2.75, 3.05) is 13.1 Å². The Morgan fingerprint density at radius 2 is 2.00 bits per heavy atom. The maximum absolute atomic E-state index is 12.4. The lowest BCUT2D eigenvalue weighted by molar-refractivity contribution is -0.126. The van der Waals surface area contributed by atoms with Gasteiger partial charge in [-0.15, -0.1) is 12.4 Å². The van der Waals surface area contributed by atoms with Gasteiger partial charge in [0.25, 0.3) is 0 Å². The molecule has 0 saturated carbocycles. The van der Waals surface area contributed by atoms with E-state index >= 15 is 0 Å². The summed E-state index contributed by atoms with van der Waals surface area (Å²) in [4.78, 5) is 12.4. The molecule has 5 heteroatoms. The Hall–Kier alpha value is -0.580. The minimum absolute atomic E-state index is 0. The molecule has 0 bridgehead atoms. The molecule has 1 saturated heterocycles. The Kier molecular flexibility index (Phi) is 5.83. The van der Waals surface area contributed by atoms with Gasteiger partial charge in [0.1, 0.15) is 0 Å². The second-order valence-corrected chi connectivity index (χ2v) is 6.21. The van der Waals surface area contributed by atoms with Crippen LogP contribution in [0.2, 0.25) is 0 Å². The van der Waals surface area contributed by atoms with E-state index in [1.807, 2.05) is 38.1 Å². The smallest absolute Gasteiger partial charge is 0.230 e. The van der Waals surface area contributed by atoms with E-state index in [4.69, 9.17) is 0 Å². The third kappa shape index (κ3) is 3.94. The monoisotopic (exact) mass is 346 g/mol. The van der Waals surface area contributed by atoms with Crippen molar-refractivity contribution in [3.05, 3.63) is 34.3 Å². The minimum Gasteiger partial charge on any atom is -0.351 e. The molecule has 1 aromatic rings. The zero-order chi connectivity index (χ0) is 13.2. The molecule has 2 rings (SSSR count). The third-order valence-electron chi connectivity index (χ3n) is 3.53. The van der Waals surface area contributed by atoms with E-state index in [1.165, 1.54) is 0 Å². The fraction of sp³-hybridized carbons (Fsp3) is 0.500. The standard InChI is InChI=1S/C14H19BrN2O.ClH/c1-14(2,10-3-5-11(15)6-4-10)13(18)17-12-7-8-16-9-12;/h3-6,12,16H,7-9H2,1-2H3,(H,17,18);1H. The summed E-state index contributed by atoms with van der Waals surface area (Å²) in [5.41, 5.74) is 0.540. The molecular formula is C14H20BrClN2O. The molecule has 19 heavy (non-hydrogen) atoms. The molecule has 1 unspecified atom stereocenters. The van der Waals surface area contributed by atoms with E-state index in [0.717, 1.165) is 29.5 Å². The van der Waals surface area contributed by atoms with Crippen LogP contribution in [0.4, 0.5) is 0 Å². The summed E-state index contributed by atoms with van der Waals surface area (Å²) in [6.45, 7) is 5.80. The molecule has 0 spiro atoms. The fourth-order valence-corrected chi connectivity index (χ4v) is 2.41. The molecule has 1 aliphatic heterocycles. The highest BCUT2D eigenvalue weighted by Gasteiger charge is 2.31. The second kappa shape index (κ2) is 6.73. The van der Waals surface area contributed by atoms with Gasteiger partial charge in [-0.1, -0.05) is 28.1 Å². The van der Waals surface area contributed by atoms with Crippen LogP contribution in [0.5, 0.6) is 0 Å². The summed E-state index contributed by atoms with van der Waals surface area (Å²) < 4.78 is 1.03. The van der Waals surface area contributed by atoms with E-state index in [9.17, 15) is 4.79 Å². The number of benzene rings is 1. The summed E-state index contributed by atoms with van der Waals surface area (Å²) in [6, 6.07) is 8.21. The number of rotatable bonds is 3. The van der Waals surface area contributed by atoms with Crippen molar-refractivity contribution in [3.63, 3.8) is 0 Å². The molecule has 106 valence electrons. The molecule has 1 atom stereocenters. The van der Waals surface area contributed by atoms with E-state index in [-0.39, 0.29) is 24.4 Å². The van der Waals surface area contributed by atoms with Gasteiger partial charge in [0.2, 0.25) is 5.91 Å². The van der Waals surface area contributed by atoms with Crippen LogP contribution in [0.1, 0.15) is 25.8 Å². The quantitative estimate of drug-likeness (QED) is 0.882. The number of nitrogens with one attached hydrogen (secondary N) is 2. The fourth-order valence-electron chi connectivity index (χ4n) is 2.14. The highest BCUT2D eigenvalue weighted by atomic mass is 79.9. The predicted molar refractivity (Wildman–Crippen MR) is 83.8 cm³/mol. The Bertz CT molecular complexity index is 428. The maximum Gasteiger partial charge on any atom is 0.230 e. The molecule has 3 nitrogen and oxygen atoms in total. The number of carbonyl (C=O) groups excluding carboxylic acids is 1. The lowest BCUT2D eigenvalue weighted by Gasteiger charge is -2.26. The highest BCUT2D eigenvalue weighted by Crippen LogP contribution is 2.25. The van der Waals surface area contributed by atoms with E-state index in [0.29, 0.717) is 0 Å². The molecule has 1 aliphatic rings. The van der Waals surface area contributed by atoms with Gasteiger partial charge in [-0.3, -0.25) is 4.79 Å². The van der Waals surface area contributed by atoms with Crippen molar-refractivity contribution in [1.29, 1.82) is 0 Å². The number of halogens is 2. The molecule has 1 heterocycles. The van der Waals surface area contributed by atoms with E-state index in [1.54, 1.807) is 0 Å². The van der Waals surface area contributed by atoms with Gasteiger partial charge < -0.3 is 10.6 Å². The molecule has 1 fully saturated rings. The van der Waals surface area contributed by atoms with Gasteiger partial charge in [-0.2, -0.15) is 0 Å². The summed E-state index contributed by atoms with van der Waals surface area (Å²) in [5, 5.41) is 6.37. The van der Waals surface area contributed by atoms with Gasteiger partial charge in [0.05, 0.1) is 5.41 Å². The maximum atomic E-state index is 12.4. The van der Waals surface area contributed by atoms with Crippen LogP contribution < -0.4 is 10.6 Å². The number of hydrogen-bond donors (Lipinski definition) is 2. The van der Waals surface area contributed by atoms with Gasteiger partial charge >= 0.3 is 0 Å². The summed E-state index contributed by atoms with van der Waals surface area (Å²) >= 11 is 3.41. The van der Waals surface area contributed by atoms with Crippen LogP contribution >= 0.6 is 28.3 Å². The molecule has 0 aliphatic carbocycles. The zero-order valence-electron chi connectivity index (χ0n) is 11.2. The number of hydrogen-bond acceptors (Lipinski definition) is 2. The lowest BCUT2D eigenvalue weighted by Crippen LogP contribution is -2.45. The van der Waals surface area contributed by atoms with Crippen molar-refractivity contribution in [2.24, 2.45) is 0 Å². The summed E-state index contributed by atoms with van der Waals surface area (Å²) in [7, 11) is 0. The Morgan fingerprint density at radius 3 is 2.53 bits per heavy atom. The van der Waals surface area contributed by atoms with Crippen molar-refractivity contribution < 1.29 is 4.79 Å². The molecule has 2 N–H and O–H groups in total. The molecule has 0 radical (unpaired) electrons. The SMILES string of the molecule is CC(C)(C(=O)NC1CCNC1)c1ccc(Br)cc1.Cl. The highest BCUT2D eigenvalue weighted by molar-refractivity contribution is 9.10. The van der Waals surface area contributed by atoms with Crippen LogP contribution in [0.25, 0.3) is 0 Å². The Balaban J connectivity index is 0.00000180. The first kappa shape index (κ1) is 16.5. The van der Waals surface area contributed by atoms with Crippen molar-refractivity contribution in [1.82, 2.24) is 10.6 Å². The average Bonchev–Trinajstić information content (AvgIpc) is 2.82. The number of amides is 1. The van der Waals surface area contributed by atoms with E-state index in [2.05, 4.69) is 26.6 Å². The van der Waals surface area contributed by atoms with Crippen LogP contribution in [-0.4, -0.2) is 25.0 Å². The molecule has 1 amide bonds. The van der Waals surface area contributed by atoms with Crippen LogP contribution in [0.15, 0.2) is 28.7 Å². The average molecular weight is 348 g/mol. The third-order valence-corrected chi connectivity index (χ3v) is 4.06. The van der Waals surface area contributed by atoms with Crippen LogP contribution in [0, 0.1) is 0 Å². The van der Waals surface area contributed by atoms with Gasteiger partial charge in [0, 0.05) is 17.1 Å². The largest absolute Gasteiger partial charge is 0.351 e. The summed E-state index contributed by atoms with van der Waals surface area (Å²) in [6.07, 6.45) is 1.02. The van der Waals surface area contributed by atoms with Crippen molar-refractivity contribution in [3.8, 4) is 0 Å². The zero-order valence-corrected chi connectivity index (χ0v) is 13.6. The van der Waals surface area contributed by atoms with E-state index < -0.39 is 5.41 Å². The molecule has 0 aromatic heterocycles. The van der Waals surface area contributed by atoms with Gasteiger partial charge in [0.15, 0.2) is 0 Å². The topological polar surface area (TPSA) is 41.1 Å². The van der Waals surface area contributed by atoms with Crippen LogP contribution in [0.3, 0.4) is 0 Å². The van der Waals surface area contributed by atoms with Gasteiger partial charge in [-0.05, 0) is 44.5 Å². The van der Waals surface area contributed by atoms with Crippen molar-refractivity contribution in [2.45, 2.75) is 31.7 Å². The molecule has 1 aromatic carbocycles. The van der Waals surface area contributed by atoms with Crippen molar-refractivity contribution >= 4 is 34.2 Å². The Morgan fingerprint density at radius 1 is 1.37 bits per heavy atom. The normalized spacial score (nSPS) is 18.8. The minimum atomic E-state index is -0.497. The van der Waals surface area contributed by atoms with Gasteiger partial charge in [-0.25, -0.2) is 0 Å².